The maximum atomic E-state index is 12.8. The van der Waals surface area contributed by atoms with Gasteiger partial charge in [-0.05, 0) is 31.0 Å². The minimum absolute atomic E-state index is 0.157. The van der Waals surface area contributed by atoms with Gasteiger partial charge in [-0.15, -0.1) is 0 Å². The molecule has 9 nitrogen and oxygen atoms in total. The van der Waals surface area contributed by atoms with Crippen molar-refractivity contribution in [1.82, 2.24) is 19.9 Å². The van der Waals surface area contributed by atoms with Gasteiger partial charge in [-0.1, -0.05) is 0 Å². The molecule has 1 unspecified atom stereocenters. The Bertz CT molecular complexity index is 1110. The Labute approximate surface area is 167 Å². The van der Waals surface area contributed by atoms with Crippen LogP contribution in [-0.4, -0.2) is 46.8 Å². The summed E-state index contributed by atoms with van der Waals surface area (Å²) in [6.45, 7) is 3.50. The van der Waals surface area contributed by atoms with Crippen LogP contribution < -0.4 is 20.7 Å². The predicted octanol–water partition coefficient (Wildman–Crippen LogP) is 2.10. The molecule has 0 aliphatic carbocycles. The SMILES string of the molecule is COc1cc2cc(c1)Nc1nc3c(cnn3c3c1CCN3)C(=O)NC(C)COC2. The number of rotatable bonds is 1. The molecule has 0 spiro atoms. The van der Waals surface area contributed by atoms with Crippen LogP contribution in [0.25, 0.3) is 5.65 Å². The first-order chi connectivity index (χ1) is 14.1. The second kappa shape index (κ2) is 6.93. The number of amides is 1. The maximum Gasteiger partial charge on any atom is 0.257 e. The van der Waals surface area contributed by atoms with Crippen LogP contribution in [0.4, 0.5) is 17.3 Å². The van der Waals surface area contributed by atoms with Crippen molar-refractivity contribution < 1.29 is 14.3 Å². The first-order valence-corrected chi connectivity index (χ1v) is 9.60. The summed E-state index contributed by atoms with van der Waals surface area (Å²) >= 11 is 0. The number of hydrogen-bond donors (Lipinski definition) is 3. The van der Waals surface area contributed by atoms with E-state index in [4.69, 9.17) is 14.5 Å². The first kappa shape index (κ1) is 17.7. The van der Waals surface area contributed by atoms with Crippen molar-refractivity contribution in [2.24, 2.45) is 0 Å². The zero-order chi connectivity index (χ0) is 20.0. The minimum atomic E-state index is -0.218. The molecule has 9 heteroatoms. The summed E-state index contributed by atoms with van der Waals surface area (Å²) in [6, 6.07) is 5.73. The van der Waals surface area contributed by atoms with Crippen LogP contribution in [0.15, 0.2) is 24.4 Å². The van der Waals surface area contributed by atoms with E-state index in [0.29, 0.717) is 30.2 Å². The Kier molecular flexibility index (Phi) is 4.24. The van der Waals surface area contributed by atoms with Gasteiger partial charge < -0.3 is 25.4 Å². The molecule has 1 amide bonds. The van der Waals surface area contributed by atoms with E-state index in [9.17, 15) is 4.79 Å². The topological polar surface area (TPSA) is 102 Å². The lowest BCUT2D eigenvalue weighted by Gasteiger charge is -2.17. The summed E-state index contributed by atoms with van der Waals surface area (Å²) in [5.74, 6) is 2.09. The number of methoxy groups -OCH3 is 1. The molecule has 2 aliphatic rings. The van der Waals surface area contributed by atoms with Gasteiger partial charge in [-0.3, -0.25) is 4.79 Å². The highest BCUT2D eigenvalue weighted by Crippen LogP contribution is 2.33. The largest absolute Gasteiger partial charge is 0.497 e. The number of aromatic nitrogens is 3. The van der Waals surface area contributed by atoms with Crippen molar-refractivity contribution in [1.29, 1.82) is 0 Å². The third kappa shape index (κ3) is 3.13. The number of nitrogens with zero attached hydrogens (tertiary/aromatic N) is 3. The Hall–Kier alpha value is -3.33. The molecule has 29 heavy (non-hydrogen) atoms. The average molecular weight is 394 g/mol. The molecule has 0 saturated heterocycles. The molecule has 1 aromatic carbocycles. The summed E-state index contributed by atoms with van der Waals surface area (Å²) in [6.07, 6.45) is 2.38. The molecule has 5 rings (SSSR count). The monoisotopic (exact) mass is 394 g/mol. The zero-order valence-corrected chi connectivity index (χ0v) is 16.3. The van der Waals surface area contributed by atoms with E-state index in [1.165, 1.54) is 0 Å². The Morgan fingerprint density at radius 2 is 2.21 bits per heavy atom. The zero-order valence-electron chi connectivity index (χ0n) is 16.3. The summed E-state index contributed by atoms with van der Waals surface area (Å²) < 4.78 is 13.0. The molecular formula is C20H22N6O3. The molecule has 4 bridgehead atoms. The maximum absolute atomic E-state index is 12.8. The van der Waals surface area contributed by atoms with Crippen LogP contribution in [0.5, 0.6) is 5.75 Å². The van der Waals surface area contributed by atoms with Gasteiger partial charge in [-0.2, -0.15) is 9.61 Å². The van der Waals surface area contributed by atoms with Crippen molar-refractivity contribution in [3.05, 3.63) is 41.1 Å². The molecule has 0 radical (unpaired) electrons. The quantitative estimate of drug-likeness (QED) is 0.581. The van der Waals surface area contributed by atoms with E-state index in [2.05, 4.69) is 21.0 Å². The third-order valence-electron chi connectivity index (χ3n) is 5.14. The summed E-state index contributed by atoms with van der Waals surface area (Å²) in [5.41, 5.74) is 3.80. The highest BCUT2D eigenvalue weighted by Gasteiger charge is 2.25. The van der Waals surface area contributed by atoms with E-state index >= 15 is 0 Å². The summed E-state index contributed by atoms with van der Waals surface area (Å²) in [5, 5.41) is 14.1. The lowest BCUT2D eigenvalue weighted by molar-refractivity contribution is 0.0821. The fraction of sp³-hybridized carbons (Fsp3) is 0.350. The molecule has 150 valence electrons. The van der Waals surface area contributed by atoms with Gasteiger partial charge in [0.15, 0.2) is 5.65 Å². The van der Waals surface area contributed by atoms with E-state index in [1.54, 1.807) is 17.8 Å². The average Bonchev–Trinajstić information content (AvgIpc) is 3.34. The normalized spacial score (nSPS) is 18.6. The van der Waals surface area contributed by atoms with Crippen molar-refractivity contribution in [2.75, 3.05) is 30.9 Å². The second-order valence-electron chi connectivity index (χ2n) is 7.34. The number of hydrogen-bond acceptors (Lipinski definition) is 7. The van der Waals surface area contributed by atoms with Gasteiger partial charge in [-0.25, -0.2) is 4.98 Å². The summed E-state index contributed by atoms with van der Waals surface area (Å²) in [4.78, 5) is 17.6. The molecular weight excluding hydrogens is 372 g/mol. The standard InChI is InChI=1S/C20H22N6O3/c1-11-9-29-10-12-5-13(7-14(6-12)28-2)24-17-15-3-4-21-18(15)26-19(25-17)16(8-22-26)20(27)23-11/h5-8,11,21H,3-4,9-10H2,1-2H3,(H,23,27)(H,24,25). The van der Waals surface area contributed by atoms with E-state index in [0.717, 1.165) is 41.3 Å². The number of anilines is 3. The highest BCUT2D eigenvalue weighted by molar-refractivity contribution is 6.00. The van der Waals surface area contributed by atoms with Gasteiger partial charge in [0.2, 0.25) is 0 Å². The molecule has 4 heterocycles. The lowest BCUT2D eigenvalue weighted by atomic mass is 10.1. The van der Waals surface area contributed by atoms with Crippen LogP contribution in [0.3, 0.4) is 0 Å². The Balaban J connectivity index is 1.69. The first-order valence-electron chi connectivity index (χ1n) is 9.60. The van der Waals surface area contributed by atoms with Gasteiger partial charge in [0.25, 0.3) is 5.91 Å². The molecule has 0 fully saturated rings. The van der Waals surface area contributed by atoms with Crippen LogP contribution in [0.2, 0.25) is 0 Å². The fourth-order valence-corrected chi connectivity index (χ4v) is 3.78. The Morgan fingerprint density at radius 3 is 3.07 bits per heavy atom. The van der Waals surface area contributed by atoms with Crippen LogP contribution in [-0.2, 0) is 17.8 Å². The van der Waals surface area contributed by atoms with E-state index < -0.39 is 0 Å². The number of nitrogens with one attached hydrogen (secondary N) is 3. The highest BCUT2D eigenvalue weighted by atomic mass is 16.5. The summed E-state index contributed by atoms with van der Waals surface area (Å²) in [7, 11) is 1.64. The van der Waals surface area contributed by atoms with Crippen molar-refractivity contribution in [3.8, 4) is 5.75 Å². The van der Waals surface area contributed by atoms with Crippen molar-refractivity contribution >= 4 is 28.9 Å². The molecule has 2 aromatic heterocycles. The van der Waals surface area contributed by atoms with Gasteiger partial charge >= 0.3 is 0 Å². The molecule has 1 atom stereocenters. The van der Waals surface area contributed by atoms with Gasteiger partial charge in [0.05, 0.1) is 26.5 Å². The predicted molar refractivity (Wildman–Crippen MR) is 108 cm³/mol. The second-order valence-corrected chi connectivity index (χ2v) is 7.34. The molecule has 0 saturated carbocycles. The fourth-order valence-electron chi connectivity index (χ4n) is 3.78. The van der Waals surface area contributed by atoms with Crippen molar-refractivity contribution in [3.63, 3.8) is 0 Å². The Morgan fingerprint density at radius 1 is 1.31 bits per heavy atom. The molecule has 3 N–H and O–H groups in total. The van der Waals surface area contributed by atoms with Gasteiger partial charge in [0, 0.05) is 29.9 Å². The van der Waals surface area contributed by atoms with E-state index in [-0.39, 0.29) is 11.9 Å². The van der Waals surface area contributed by atoms with Crippen LogP contribution >= 0.6 is 0 Å². The molecule has 3 aromatic rings. The van der Waals surface area contributed by atoms with Crippen molar-refractivity contribution in [2.45, 2.75) is 26.0 Å². The van der Waals surface area contributed by atoms with Gasteiger partial charge in [0.1, 0.15) is 22.9 Å². The number of carbonyl (C=O) groups excluding carboxylic acids is 1. The van der Waals surface area contributed by atoms with E-state index in [1.807, 2.05) is 25.1 Å². The lowest BCUT2D eigenvalue weighted by Crippen LogP contribution is -2.35. The number of benzene rings is 1. The third-order valence-corrected chi connectivity index (χ3v) is 5.14. The number of fused-ring (bicyclic) bond motifs is 6. The van der Waals surface area contributed by atoms with Crippen LogP contribution in [0.1, 0.15) is 28.4 Å². The minimum Gasteiger partial charge on any atom is -0.497 e. The van der Waals surface area contributed by atoms with Crippen LogP contribution in [0, 0.1) is 0 Å². The smallest absolute Gasteiger partial charge is 0.257 e. The molecule has 2 aliphatic heterocycles. The number of carbonyl (C=O) groups is 1. The number of ether oxygens (including phenoxy) is 2.